The van der Waals surface area contributed by atoms with E-state index in [-0.39, 0.29) is 0 Å². The van der Waals surface area contributed by atoms with E-state index in [1.54, 1.807) is 0 Å². The fraction of sp³-hybridized carbons (Fsp3) is 0.500. The molecule has 0 aliphatic rings. The van der Waals surface area contributed by atoms with Crippen molar-refractivity contribution in [2.75, 3.05) is 19.0 Å². The van der Waals surface area contributed by atoms with Crippen molar-refractivity contribution in [1.29, 1.82) is 0 Å². The predicted octanol–water partition coefficient (Wildman–Crippen LogP) is 5.81. The molecule has 0 N–H and O–H groups in total. The van der Waals surface area contributed by atoms with Crippen LogP contribution in [0.2, 0.25) is 0 Å². The number of benzene rings is 2. The molecular weight excluding hydrogens is 254 g/mol. The number of fused-ring (bicyclic) bond motifs is 1. The highest BCUT2D eigenvalue weighted by Crippen LogP contribution is 2.28. The van der Waals surface area contributed by atoms with E-state index in [0.29, 0.717) is 0 Å². The van der Waals surface area contributed by atoms with Gasteiger partial charge in [0.2, 0.25) is 0 Å². The second kappa shape index (κ2) is 8.07. The van der Waals surface area contributed by atoms with Gasteiger partial charge in [-0.1, -0.05) is 69.4 Å². The van der Waals surface area contributed by atoms with Gasteiger partial charge in [0.25, 0.3) is 0 Å². The molecule has 0 saturated carbocycles. The summed E-state index contributed by atoms with van der Waals surface area (Å²) < 4.78 is 0. The predicted molar refractivity (Wildman–Crippen MR) is 95.4 cm³/mol. The van der Waals surface area contributed by atoms with Gasteiger partial charge in [-0.15, -0.1) is 0 Å². The van der Waals surface area contributed by atoms with Crippen molar-refractivity contribution in [3.8, 4) is 0 Å². The molecule has 0 spiro atoms. The summed E-state index contributed by atoms with van der Waals surface area (Å²) in [6.07, 6.45) is 9.40. The fourth-order valence-electron chi connectivity index (χ4n) is 2.97. The van der Waals surface area contributed by atoms with Crippen molar-refractivity contribution in [3.63, 3.8) is 0 Å². The summed E-state index contributed by atoms with van der Waals surface area (Å²) in [6, 6.07) is 13.5. The van der Waals surface area contributed by atoms with E-state index < -0.39 is 0 Å². The Labute approximate surface area is 130 Å². The van der Waals surface area contributed by atoms with Gasteiger partial charge in [0, 0.05) is 25.2 Å². The van der Waals surface area contributed by atoms with E-state index in [1.807, 2.05) is 0 Å². The molecule has 0 aliphatic carbocycles. The van der Waals surface area contributed by atoms with Crippen LogP contribution in [0, 0.1) is 0 Å². The first-order valence-electron chi connectivity index (χ1n) is 8.41. The molecule has 2 aromatic carbocycles. The van der Waals surface area contributed by atoms with E-state index >= 15 is 0 Å². The Balaban J connectivity index is 2.03. The Morgan fingerprint density at radius 2 is 1.57 bits per heavy atom. The number of anilines is 1. The first-order valence-corrected chi connectivity index (χ1v) is 8.41. The van der Waals surface area contributed by atoms with Gasteiger partial charge in [-0.25, -0.2) is 0 Å². The maximum atomic E-state index is 2.37. The third-order valence-corrected chi connectivity index (χ3v) is 4.20. The van der Waals surface area contributed by atoms with E-state index in [0.717, 1.165) is 0 Å². The molecule has 1 heteroatoms. The molecule has 1 nitrogen and oxygen atoms in total. The minimum absolute atomic E-state index is 1.21. The van der Waals surface area contributed by atoms with E-state index in [2.05, 4.69) is 62.3 Å². The molecule has 21 heavy (non-hydrogen) atoms. The van der Waals surface area contributed by atoms with E-state index in [4.69, 9.17) is 0 Å². The van der Waals surface area contributed by atoms with Gasteiger partial charge in [0.15, 0.2) is 0 Å². The third-order valence-electron chi connectivity index (χ3n) is 4.20. The van der Waals surface area contributed by atoms with Gasteiger partial charge < -0.3 is 4.90 Å². The van der Waals surface area contributed by atoms with Gasteiger partial charge >= 0.3 is 0 Å². The van der Waals surface area contributed by atoms with Crippen molar-refractivity contribution >= 4 is 16.5 Å². The Morgan fingerprint density at radius 3 is 2.33 bits per heavy atom. The standard InChI is InChI=1S/C20H29N/c1-4-5-6-7-8-9-12-17-15-18-13-10-11-14-19(18)20(16-17)21(2)3/h10-11,13-16H,4-9,12H2,1-3H3. The summed E-state index contributed by atoms with van der Waals surface area (Å²) in [5.41, 5.74) is 2.82. The number of hydrogen-bond donors (Lipinski definition) is 0. The summed E-state index contributed by atoms with van der Waals surface area (Å²) in [4.78, 5) is 2.23. The molecule has 0 amide bonds. The molecule has 0 atom stereocenters. The summed E-state index contributed by atoms with van der Waals surface area (Å²) in [7, 11) is 4.27. The van der Waals surface area contributed by atoms with Crippen LogP contribution in [-0.4, -0.2) is 14.1 Å². The average Bonchev–Trinajstić information content (AvgIpc) is 2.49. The first kappa shape index (κ1) is 15.9. The van der Waals surface area contributed by atoms with Crippen molar-refractivity contribution in [1.82, 2.24) is 0 Å². The molecule has 0 aliphatic heterocycles. The summed E-state index contributed by atoms with van der Waals surface area (Å²) in [5, 5.41) is 2.72. The van der Waals surface area contributed by atoms with Crippen LogP contribution >= 0.6 is 0 Å². The Hall–Kier alpha value is -1.50. The summed E-state index contributed by atoms with van der Waals surface area (Å²) in [6.45, 7) is 2.28. The monoisotopic (exact) mass is 283 g/mol. The average molecular weight is 283 g/mol. The van der Waals surface area contributed by atoms with Crippen LogP contribution in [0.1, 0.15) is 51.0 Å². The Kier molecular flexibility index (Phi) is 6.10. The molecule has 2 rings (SSSR count). The Bertz CT molecular complexity index is 557. The second-order valence-corrected chi connectivity index (χ2v) is 6.25. The molecule has 0 unspecified atom stereocenters. The molecule has 0 bridgehead atoms. The number of unbranched alkanes of at least 4 members (excludes halogenated alkanes) is 5. The summed E-state index contributed by atoms with van der Waals surface area (Å²) >= 11 is 0. The zero-order chi connectivity index (χ0) is 15.1. The molecule has 2 aromatic rings. The van der Waals surface area contributed by atoms with Crippen LogP contribution in [0.25, 0.3) is 10.8 Å². The SMILES string of the molecule is CCCCCCCCc1cc(N(C)C)c2ccccc2c1. The van der Waals surface area contributed by atoms with Gasteiger partial charge in [-0.2, -0.15) is 0 Å². The molecule has 0 fully saturated rings. The lowest BCUT2D eigenvalue weighted by molar-refractivity contribution is 0.607. The maximum Gasteiger partial charge on any atom is 0.0443 e. The molecule has 0 aromatic heterocycles. The minimum atomic E-state index is 1.21. The fourth-order valence-corrected chi connectivity index (χ4v) is 2.97. The number of hydrogen-bond acceptors (Lipinski definition) is 1. The van der Waals surface area contributed by atoms with Crippen LogP contribution in [0.3, 0.4) is 0 Å². The molecule has 0 heterocycles. The normalized spacial score (nSPS) is 11.0. The smallest absolute Gasteiger partial charge is 0.0443 e. The van der Waals surface area contributed by atoms with Crippen molar-refractivity contribution in [2.24, 2.45) is 0 Å². The summed E-state index contributed by atoms with van der Waals surface area (Å²) in [5.74, 6) is 0. The maximum absolute atomic E-state index is 2.37. The van der Waals surface area contributed by atoms with Crippen molar-refractivity contribution < 1.29 is 0 Å². The van der Waals surface area contributed by atoms with Crippen LogP contribution in [-0.2, 0) is 6.42 Å². The van der Waals surface area contributed by atoms with Crippen molar-refractivity contribution in [2.45, 2.75) is 51.9 Å². The lowest BCUT2D eigenvalue weighted by Crippen LogP contribution is -2.09. The van der Waals surface area contributed by atoms with Gasteiger partial charge in [0.1, 0.15) is 0 Å². The number of rotatable bonds is 8. The highest BCUT2D eigenvalue weighted by Gasteiger charge is 2.05. The minimum Gasteiger partial charge on any atom is -0.377 e. The highest BCUT2D eigenvalue weighted by atomic mass is 15.1. The van der Waals surface area contributed by atoms with Crippen molar-refractivity contribution in [3.05, 3.63) is 42.0 Å². The molecule has 0 saturated heterocycles. The van der Waals surface area contributed by atoms with Crippen LogP contribution in [0.5, 0.6) is 0 Å². The van der Waals surface area contributed by atoms with E-state index in [9.17, 15) is 0 Å². The van der Waals surface area contributed by atoms with Gasteiger partial charge in [-0.3, -0.25) is 0 Å². The van der Waals surface area contributed by atoms with Gasteiger partial charge in [-0.05, 0) is 29.9 Å². The van der Waals surface area contributed by atoms with E-state index in [1.165, 1.54) is 67.0 Å². The zero-order valence-corrected chi connectivity index (χ0v) is 13.9. The van der Waals surface area contributed by atoms with Crippen LogP contribution in [0.4, 0.5) is 5.69 Å². The quantitative estimate of drug-likeness (QED) is 0.553. The van der Waals surface area contributed by atoms with Gasteiger partial charge in [0.05, 0.1) is 0 Å². The lowest BCUT2D eigenvalue weighted by atomic mass is 10.00. The van der Waals surface area contributed by atoms with Crippen LogP contribution in [0.15, 0.2) is 36.4 Å². The molecular formula is C20H29N. The highest BCUT2D eigenvalue weighted by molar-refractivity contribution is 5.94. The second-order valence-electron chi connectivity index (χ2n) is 6.25. The lowest BCUT2D eigenvalue weighted by Gasteiger charge is -2.17. The molecule has 0 radical (unpaired) electrons. The first-order chi connectivity index (χ1) is 10.2. The number of nitrogens with zero attached hydrogens (tertiary/aromatic N) is 1. The molecule has 114 valence electrons. The largest absolute Gasteiger partial charge is 0.377 e. The number of aryl methyl sites for hydroxylation is 1. The third kappa shape index (κ3) is 4.49. The van der Waals surface area contributed by atoms with Crippen LogP contribution < -0.4 is 4.90 Å². The topological polar surface area (TPSA) is 3.24 Å². The zero-order valence-electron chi connectivity index (χ0n) is 13.9. The Morgan fingerprint density at radius 1 is 0.857 bits per heavy atom.